The number of aliphatic hydroxyl groups excluding tert-OH is 1. The Labute approximate surface area is 88.6 Å². The van der Waals surface area contributed by atoms with E-state index in [9.17, 15) is 13.5 Å². The monoisotopic (exact) mass is 231 g/mol. The van der Waals surface area contributed by atoms with Gasteiger partial charge in [-0.05, 0) is 12.0 Å². The van der Waals surface area contributed by atoms with Gasteiger partial charge in [-0.15, -0.1) is 0 Å². The number of hydrogen-bond donors (Lipinski definition) is 3. The molecule has 5 nitrogen and oxygen atoms in total. The summed E-state index contributed by atoms with van der Waals surface area (Å²) in [5.74, 6) is 0. The molecule has 0 saturated heterocycles. The summed E-state index contributed by atoms with van der Waals surface area (Å²) in [4.78, 5) is 0. The van der Waals surface area contributed by atoms with Gasteiger partial charge in [-0.3, -0.25) is 4.55 Å². The molecule has 1 unspecified atom stereocenters. The Bertz CT molecular complexity index is 390. The molecule has 0 aliphatic carbocycles. The first-order valence-electron chi connectivity index (χ1n) is 4.41. The van der Waals surface area contributed by atoms with Crippen LogP contribution < -0.4 is 4.72 Å². The Morgan fingerprint density at radius 1 is 1.27 bits per heavy atom. The molecule has 0 saturated carbocycles. The van der Waals surface area contributed by atoms with Gasteiger partial charge >= 0.3 is 10.3 Å². The first-order valence-corrected chi connectivity index (χ1v) is 5.85. The van der Waals surface area contributed by atoms with Crippen LogP contribution in [0.3, 0.4) is 0 Å². The fourth-order valence-electron chi connectivity index (χ4n) is 1.16. The highest BCUT2D eigenvalue weighted by Gasteiger charge is 2.09. The normalized spacial score (nSPS) is 13.7. The predicted molar refractivity (Wildman–Crippen MR) is 55.7 cm³/mol. The van der Waals surface area contributed by atoms with Gasteiger partial charge in [0.2, 0.25) is 0 Å². The van der Waals surface area contributed by atoms with Crippen LogP contribution in [0.15, 0.2) is 30.3 Å². The number of hydrogen-bond acceptors (Lipinski definition) is 3. The smallest absolute Gasteiger partial charge is 0.333 e. The van der Waals surface area contributed by atoms with E-state index in [4.69, 9.17) is 4.55 Å². The maximum absolute atomic E-state index is 10.3. The average Bonchev–Trinajstić information content (AvgIpc) is 2.15. The van der Waals surface area contributed by atoms with E-state index in [0.29, 0.717) is 6.42 Å². The van der Waals surface area contributed by atoms with Crippen LogP contribution in [0, 0.1) is 0 Å². The minimum atomic E-state index is -4.22. The lowest BCUT2D eigenvalue weighted by Crippen LogP contribution is -2.32. The van der Waals surface area contributed by atoms with Gasteiger partial charge < -0.3 is 5.11 Å². The molecule has 1 aromatic rings. The third-order valence-corrected chi connectivity index (χ3v) is 2.35. The summed E-state index contributed by atoms with van der Waals surface area (Å²) in [5, 5.41) is 9.43. The highest BCUT2D eigenvalue weighted by Crippen LogP contribution is 2.02. The molecule has 3 N–H and O–H groups in total. The van der Waals surface area contributed by atoms with Gasteiger partial charge in [0.05, 0.1) is 6.10 Å². The van der Waals surface area contributed by atoms with Crippen molar-refractivity contribution in [2.24, 2.45) is 0 Å². The van der Waals surface area contributed by atoms with E-state index in [1.807, 2.05) is 35.1 Å². The van der Waals surface area contributed by atoms with E-state index in [-0.39, 0.29) is 6.54 Å². The maximum Gasteiger partial charge on any atom is 0.333 e. The van der Waals surface area contributed by atoms with Crippen molar-refractivity contribution in [2.45, 2.75) is 12.5 Å². The van der Waals surface area contributed by atoms with Crippen molar-refractivity contribution >= 4 is 10.3 Å². The summed E-state index contributed by atoms with van der Waals surface area (Å²) < 4.78 is 30.8. The lowest BCUT2D eigenvalue weighted by molar-refractivity contribution is 0.177. The molecular formula is C9H13NO4S. The lowest BCUT2D eigenvalue weighted by atomic mass is 10.1. The van der Waals surface area contributed by atoms with Crippen LogP contribution >= 0.6 is 0 Å². The molecule has 0 fully saturated rings. The Kier molecular flexibility index (Phi) is 4.22. The standard InChI is InChI=1S/C9H13NO4S/c11-9(7-10-15(12,13)14)6-8-4-2-1-3-5-8/h1-5,9-11H,6-7H2,(H,12,13,14). The van der Waals surface area contributed by atoms with Gasteiger partial charge in [-0.25, -0.2) is 0 Å². The second-order valence-electron chi connectivity index (χ2n) is 3.17. The molecule has 0 aliphatic heterocycles. The molecule has 6 heteroatoms. The second kappa shape index (κ2) is 5.22. The van der Waals surface area contributed by atoms with Crippen LogP contribution in [-0.2, 0) is 16.7 Å². The van der Waals surface area contributed by atoms with Gasteiger partial charge in [-0.2, -0.15) is 13.1 Å². The first-order chi connectivity index (χ1) is 6.97. The summed E-state index contributed by atoms with van der Waals surface area (Å²) in [6.45, 7) is -0.201. The summed E-state index contributed by atoms with van der Waals surface area (Å²) in [6.07, 6.45) is -0.516. The van der Waals surface area contributed by atoms with Crippen LogP contribution in [0.1, 0.15) is 5.56 Å². The van der Waals surface area contributed by atoms with Crippen molar-refractivity contribution in [3.8, 4) is 0 Å². The van der Waals surface area contributed by atoms with Crippen molar-refractivity contribution in [3.05, 3.63) is 35.9 Å². The molecule has 1 atom stereocenters. The molecule has 1 rings (SSSR count). The molecule has 0 amide bonds. The Balaban J connectivity index is 2.40. The van der Waals surface area contributed by atoms with E-state index < -0.39 is 16.4 Å². The maximum atomic E-state index is 10.3. The molecule has 0 heterocycles. The summed E-state index contributed by atoms with van der Waals surface area (Å²) in [5.41, 5.74) is 0.905. The fraction of sp³-hybridized carbons (Fsp3) is 0.333. The molecular weight excluding hydrogens is 218 g/mol. The third kappa shape index (κ3) is 5.48. The largest absolute Gasteiger partial charge is 0.391 e. The van der Waals surface area contributed by atoms with Gasteiger partial charge in [0.1, 0.15) is 0 Å². The van der Waals surface area contributed by atoms with E-state index in [2.05, 4.69) is 0 Å². The van der Waals surface area contributed by atoms with Crippen LogP contribution in [0.25, 0.3) is 0 Å². The average molecular weight is 231 g/mol. The molecule has 0 bridgehead atoms. The van der Waals surface area contributed by atoms with Crippen LogP contribution in [-0.4, -0.2) is 30.7 Å². The minimum Gasteiger partial charge on any atom is -0.391 e. The van der Waals surface area contributed by atoms with Gasteiger partial charge in [-0.1, -0.05) is 30.3 Å². The van der Waals surface area contributed by atoms with E-state index in [1.54, 1.807) is 0 Å². The summed E-state index contributed by atoms with van der Waals surface area (Å²) in [7, 11) is -4.22. The van der Waals surface area contributed by atoms with Crippen molar-refractivity contribution in [1.82, 2.24) is 4.72 Å². The van der Waals surface area contributed by atoms with Crippen molar-refractivity contribution in [3.63, 3.8) is 0 Å². The summed E-state index contributed by atoms with van der Waals surface area (Å²) in [6, 6.07) is 9.18. The first kappa shape index (κ1) is 12.1. The van der Waals surface area contributed by atoms with Crippen molar-refractivity contribution < 1.29 is 18.1 Å². The van der Waals surface area contributed by atoms with E-state index in [0.717, 1.165) is 5.56 Å². The SMILES string of the molecule is O=S(=O)(O)NCC(O)Cc1ccccc1. The van der Waals surface area contributed by atoms with Crippen LogP contribution in [0.5, 0.6) is 0 Å². The molecule has 0 radical (unpaired) electrons. The molecule has 15 heavy (non-hydrogen) atoms. The summed E-state index contributed by atoms with van der Waals surface area (Å²) >= 11 is 0. The van der Waals surface area contributed by atoms with E-state index >= 15 is 0 Å². The number of benzene rings is 1. The molecule has 1 aromatic carbocycles. The number of rotatable bonds is 5. The van der Waals surface area contributed by atoms with Crippen LogP contribution in [0.2, 0.25) is 0 Å². The predicted octanol–water partition coefficient (Wildman–Crippen LogP) is -0.0176. The zero-order valence-electron chi connectivity index (χ0n) is 8.00. The highest BCUT2D eigenvalue weighted by atomic mass is 32.2. The minimum absolute atomic E-state index is 0.201. The lowest BCUT2D eigenvalue weighted by Gasteiger charge is -2.09. The zero-order chi connectivity index (χ0) is 11.3. The van der Waals surface area contributed by atoms with Crippen LogP contribution in [0.4, 0.5) is 0 Å². The highest BCUT2D eigenvalue weighted by molar-refractivity contribution is 7.83. The zero-order valence-corrected chi connectivity index (χ0v) is 8.81. The van der Waals surface area contributed by atoms with Gasteiger partial charge in [0, 0.05) is 6.54 Å². The third-order valence-electron chi connectivity index (χ3n) is 1.82. The van der Waals surface area contributed by atoms with Crippen molar-refractivity contribution in [1.29, 1.82) is 0 Å². The fourth-order valence-corrected chi connectivity index (χ4v) is 1.56. The topological polar surface area (TPSA) is 86.6 Å². The second-order valence-corrected chi connectivity index (χ2v) is 4.41. The number of nitrogens with one attached hydrogen (secondary N) is 1. The Morgan fingerprint density at radius 3 is 2.40 bits per heavy atom. The Hall–Kier alpha value is -0.950. The molecule has 0 aromatic heterocycles. The molecule has 0 spiro atoms. The van der Waals surface area contributed by atoms with E-state index in [1.165, 1.54) is 0 Å². The van der Waals surface area contributed by atoms with Gasteiger partial charge in [0.15, 0.2) is 0 Å². The number of aliphatic hydroxyl groups is 1. The Morgan fingerprint density at radius 2 is 1.87 bits per heavy atom. The quantitative estimate of drug-likeness (QED) is 0.622. The molecule has 84 valence electrons. The van der Waals surface area contributed by atoms with Crippen molar-refractivity contribution in [2.75, 3.05) is 6.54 Å². The molecule has 0 aliphatic rings. The van der Waals surface area contributed by atoms with Gasteiger partial charge in [0.25, 0.3) is 0 Å².